The van der Waals surface area contributed by atoms with Crippen LogP contribution in [0.3, 0.4) is 0 Å². The summed E-state index contributed by atoms with van der Waals surface area (Å²) in [6.07, 6.45) is 9.53. The lowest BCUT2D eigenvalue weighted by molar-refractivity contribution is 0.188. The van der Waals surface area contributed by atoms with E-state index in [1.165, 1.54) is 116 Å². The van der Waals surface area contributed by atoms with Crippen molar-refractivity contribution in [1.29, 1.82) is 0 Å². The zero-order valence-corrected chi connectivity index (χ0v) is 48.3. The van der Waals surface area contributed by atoms with E-state index >= 15 is 0 Å². The van der Waals surface area contributed by atoms with Gasteiger partial charge in [0.1, 0.15) is 5.58 Å². The van der Waals surface area contributed by atoms with Crippen LogP contribution in [-0.2, 0) is 37.9 Å². The standard InChI is InChI=1S/C72H78BN3O/c1-66(2,3)45-24-26-48(27-25-45)76-61-40-50(74(46-20-16-14-17-21-46)47-22-18-15-19-23-47)39-60-63(61)73(65-64(76)51-41-56-57(44-62(51)77-65)72(13)36-34-71(56,12)35-37-72)58-42-54-55(70(10,11)33-32-69(54,8)9)43-59(58)75(60)49-28-29-52-53(38-49)68(6,7)31-30-67(52,4)5/h14-29,38-44H,30-37H2,1-13H3. The van der Waals surface area contributed by atoms with Crippen LogP contribution in [0.5, 0.6) is 0 Å². The van der Waals surface area contributed by atoms with Crippen LogP contribution in [0.4, 0.5) is 51.2 Å². The highest BCUT2D eigenvalue weighted by atomic mass is 16.3. The Bertz CT molecular complexity index is 3690. The molecule has 5 aliphatic carbocycles. The number of hydrogen-bond donors (Lipinski definition) is 0. The number of anilines is 9. The minimum atomic E-state index is -0.172. The Kier molecular flexibility index (Phi) is 10.2. The van der Waals surface area contributed by atoms with Gasteiger partial charge in [-0.1, -0.05) is 151 Å². The molecule has 2 bridgehead atoms. The molecule has 1 fully saturated rings. The quantitative estimate of drug-likeness (QED) is 0.160. The number of furan rings is 1. The number of fused-ring (bicyclic) bond motifs is 10. The van der Waals surface area contributed by atoms with Gasteiger partial charge >= 0.3 is 0 Å². The van der Waals surface area contributed by atoms with Gasteiger partial charge in [-0.3, -0.25) is 0 Å². The molecule has 1 saturated carbocycles. The van der Waals surface area contributed by atoms with Gasteiger partial charge in [-0.25, -0.2) is 0 Å². The monoisotopic (exact) mass is 1010 g/mol. The summed E-state index contributed by atoms with van der Waals surface area (Å²) in [5, 5.41) is 1.22. The van der Waals surface area contributed by atoms with Crippen molar-refractivity contribution < 1.29 is 4.42 Å². The Balaban J connectivity index is 1.15. The van der Waals surface area contributed by atoms with E-state index in [9.17, 15) is 0 Å². The van der Waals surface area contributed by atoms with Crippen molar-refractivity contribution in [3.8, 4) is 0 Å². The molecule has 7 aromatic carbocycles. The first kappa shape index (κ1) is 48.9. The first-order valence-electron chi connectivity index (χ1n) is 29.2. The van der Waals surface area contributed by atoms with Gasteiger partial charge in [0.2, 0.25) is 0 Å². The smallest absolute Gasteiger partial charge is 0.297 e. The molecule has 2 aliphatic heterocycles. The third kappa shape index (κ3) is 7.16. The molecule has 0 saturated heterocycles. The number of para-hydroxylation sites is 2. The maximum absolute atomic E-state index is 7.83. The van der Waals surface area contributed by atoms with Crippen molar-refractivity contribution >= 4 is 85.5 Å². The van der Waals surface area contributed by atoms with Crippen LogP contribution in [0.15, 0.2) is 144 Å². The summed E-state index contributed by atoms with van der Waals surface area (Å²) in [5.74, 6) is 0. The molecule has 7 aliphatic rings. The van der Waals surface area contributed by atoms with E-state index in [0.29, 0.717) is 0 Å². The lowest BCUT2D eigenvalue weighted by Gasteiger charge is -2.52. The van der Waals surface area contributed by atoms with Crippen LogP contribution in [0.2, 0.25) is 0 Å². The second-order valence-corrected chi connectivity index (χ2v) is 28.9. The van der Waals surface area contributed by atoms with Crippen molar-refractivity contribution in [2.24, 2.45) is 0 Å². The molecule has 0 radical (unpaired) electrons. The van der Waals surface area contributed by atoms with Gasteiger partial charge < -0.3 is 19.1 Å². The Morgan fingerprint density at radius 1 is 0.442 bits per heavy atom. The summed E-state index contributed by atoms with van der Waals surface area (Å²) in [6, 6.07) is 54.6. The van der Waals surface area contributed by atoms with Crippen LogP contribution in [0.25, 0.3) is 11.0 Å². The van der Waals surface area contributed by atoms with Crippen LogP contribution in [-0.4, -0.2) is 6.71 Å². The number of benzene rings is 7. The number of hydrogen-bond acceptors (Lipinski definition) is 4. The fourth-order valence-electron chi connectivity index (χ4n) is 15.6. The van der Waals surface area contributed by atoms with Gasteiger partial charge in [0.15, 0.2) is 0 Å². The molecule has 0 amide bonds. The van der Waals surface area contributed by atoms with E-state index in [-0.39, 0.29) is 44.6 Å². The summed E-state index contributed by atoms with van der Waals surface area (Å²) in [6.45, 7) is 31.7. The normalized spacial score (nSPS) is 22.6. The lowest BCUT2D eigenvalue weighted by atomic mass is 9.35. The van der Waals surface area contributed by atoms with Gasteiger partial charge in [0, 0.05) is 45.2 Å². The topological polar surface area (TPSA) is 22.9 Å². The van der Waals surface area contributed by atoms with Crippen LogP contribution >= 0.6 is 0 Å². The fraction of sp³-hybridized carbons (Fsp3) is 0.389. The highest BCUT2D eigenvalue weighted by Gasteiger charge is 2.52. The van der Waals surface area contributed by atoms with E-state index in [2.05, 4.69) is 244 Å². The Hall–Kier alpha value is -6.46. The van der Waals surface area contributed by atoms with Crippen molar-refractivity contribution in [3.05, 3.63) is 178 Å². The van der Waals surface area contributed by atoms with Gasteiger partial charge in [0.05, 0.1) is 17.0 Å². The second-order valence-electron chi connectivity index (χ2n) is 28.9. The highest BCUT2D eigenvalue weighted by Crippen LogP contribution is 2.59. The molecule has 0 unspecified atom stereocenters. The molecular weight excluding hydrogens is 934 g/mol. The summed E-state index contributed by atoms with van der Waals surface area (Å²) < 4.78 is 7.83. The number of rotatable bonds is 5. The summed E-state index contributed by atoms with van der Waals surface area (Å²) >= 11 is 0. The minimum Gasteiger partial charge on any atom is -0.468 e. The summed E-state index contributed by atoms with van der Waals surface area (Å²) in [7, 11) is 0. The molecule has 0 N–H and O–H groups in total. The Morgan fingerprint density at radius 3 is 1.49 bits per heavy atom. The van der Waals surface area contributed by atoms with E-state index in [1.54, 1.807) is 0 Å². The molecule has 1 aromatic heterocycles. The molecule has 0 spiro atoms. The molecule has 15 rings (SSSR count). The fourth-order valence-corrected chi connectivity index (χ4v) is 15.6. The van der Waals surface area contributed by atoms with E-state index in [4.69, 9.17) is 4.42 Å². The van der Waals surface area contributed by atoms with Crippen molar-refractivity contribution in [3.63, 3.8) is 0 Å². The van der Waals surface area contributed by atoms with E-state index in [1.807, 2.05) is 0 Å². The SMILES string of the molecule is CC(C)(C)c1ccc(N2c3cc(N(c4ccccc4)c4ccccc4)cc4c3B(c3cc5c(cc3N4c3ccc4c(c3)C(C)(C)CCC4(C)C)C(C)(C)CCC5(C)C)c3oc4cc5c(cc4c32)C2(C)CCC5(C)CC2)cc1. The van der Waals surface area contributed by atoms with Gasteiger partial charge in [-0.2, -0.15) is 0 Å². The third-order valence-corrected chi connectivity index (χ3v) is 20.9. The average Bonchev–Trinajstić information content (AvgIpc) is 4.06. The van der Waals surface area contributed by atoms with Gasteiger partial charge in [-0.15, -0.1) is 0 Å². The van der Waals surface area contributed by atoms with Gasteiger partial charge in [0.25, 0.3) is 6.71 Å². The third-order valence-electron chi connectivity index (χ3n) is 20.9. The molecule has 390 valence electrons. The maximum atomic E-state index is 7.83. The minimum absolute atomic E-state index is 0.000400. The molecule has 5 heteroatoms. The maximum Gasteiger partial charge on any atom is 0.297 e. The molecule has 3 heterocycles. The summed E-state index contributed by atoms with van der Waals surface area (Å²) in [5.41, 5.74) is 25.9. The molecule has 0 atom stereocenters. The predicted molar refractivity (Wildman–Crippen MR) is 327 cm³/mol. The zero-order chi connectivity index (χ0) is 53.6. The van der Waals surface area contributed by atoms with Crippen molar-refractivity contribution in [2.75, 3.05) is 14.7 Å². The summed E-state index contributed by atoms with van der Waals surface area (Å²) in [4.78, 5) is 7.81. The average molecular weight is 1010 g/mol. The molecule has 8 aromatic rings. The van der Waals surface area contributed by atoms with Crippen molar-refractivity contribution in [1.82, 2.24) is 0 Å². The van der Waals surface area contributed by atoms with Crippen molar-refractivity contribution in [2.45, 2.75) is 179 Å². The van der Waals surface area contributed by atoms with Gasteiger partial charge in [-0.05, 0) is 218 Å². The largest absolute Gasteiger partial charge is 0.468 e. The van der Waals surface area contributed by atoms with Crippen LogP contribution in [0, 0.1) is 0 Å². The zero-order valence-electron chi connectivity index (χ0n) is 48.3. The Labute approximate surface area is 460 Å². The van der Waals surface area contributed by atoms with Crippen LogP contribution in [0.1, 0.15) is 180 Å². The molecule has 77 heavy (non-hydrogen) atoms. The first-order chi connectivity index (χ1) is 36.5. The molecular formula is C72H78BN3O. The van der Waals surface area contributed by atoms with Crippen LogP contribution < -0.4 is 31.3 Å². The second kappa shape index (κ2) is 16.1. The lowest BCUT2D eigenvalue weighted by Crippen LogP contribution is -2.61. The van der Waals surface area contributed by atoms with E-state index < -0.39 is 0 Å². The first-order valence-corrected chi connectivity index (χ1v) is 29.2. The molecule has 4 nitrogen and oxygen atoms in total. The number of nitrogens with zero attached hydrogens (tertiary/aromatic N) is 3. The van der Waals surface area contributed by atoms with E-state index in [0.717, 1.165) is 53.3 Å². The highest BCUT2D eigenvalue weighted by molar-refractivity contribution is 7.00. The Morgan fingerprint density at radius 2 is 0.935 bits per heavy atom. The predicted octanol–water partition coefficient (Wildman–Crippen LogP) is 18.1.